The smallest absolute Gasteiger partial charge is 0.119 e. The molecule has 3 unspecified atom stereocenters. The molecule has 3 N–H and O–H groups in total. The van der Waals surface area contributed by atoms with Crippen LogP contribution in [0, 0.1) is 11.3 Å². The van der Waals surface area contributed by atoms with Crippen molar-refractivity contribution in [2.45, 2.75) is 39.2 Å². The van der Waals surface area contributed by atoms with Gasteiger partial charge in [0.1, 0.15) is 5.75 Å². The molecule has 1 aromatic rings. The fraction of sp³-hybridized carbons (Fsp3) is 0.625. The molecule has 2 rings (SSSR count). The summed E-state index contributed by atoms with van der Waals surface area (Å²) in [5.41, 5.74) is 6.73. The lowest BCUT2D eigenvalue weighted by Gasteiger charge is -2.33. The Balaban J connectivity index is 2.22. The van der Waals surface area contributed by atoms with E-state index in [1.165, 1.54) is 0 Å². The second-order valence-electron chi connectivity index (χ2n) is 5.82. The summed E-state index contributed by atoms with van der Waals surface area (Å²) in [4.78, 5) is 0. The molecular weight excluding hydrogens is 238 g/mol. The van der Waals surface area contributed by atoms with Crippen molar-refractivity contribution in [3.63, 3.8) is 0 Å². The first-order valence-corrected chi connectivity index (χ1v) is 7.22. The van der Waals surface area contributed by atoms with Crippen molar-refractivity contribution in [1.82, 2.24) is 0 Å². The Kier molecular flexibility index (Phi) is 4.48. The average molecular weight is 263 g/mol. The number of rotatable bonds is 5. The first kappa shape index (κ1) is 14.4. The molecule has 0 saturated heterocycles. The zero-order chi connectivity index (χ0) is 13.9. The predicted molar refractivity (Wildman–Crippen MR) is 77.1 cm³/mol. The Morgan fingerprint density at radius 3 is 2.89 bits per heavy atom. The Labute approximate surface area is 115 Å². The minimum Gasteiger partial charge on any atom is -0.494 e. The largest absolute Gasteiger partial charge is 0.494 e. The fourth-order valence-electron chi connectivity index (χ4n) is 3.27. The third-order valence-corrected chi connectivity index (χ3v) is 4.36. The second kappa shape index (κ2) is 5.93. The Morgan fingerprint density at radius 2 is 2.32 bits per heavy atom. The zero-order valence-electron chi connectivity index (χ0n) is 11.9. The van der Waals surface area contributed by atoms with E-state index in [0.717, 1.165) is 30.6 Å². The molecule has 0 spiro atoms. The van der Waals surface area contributed by atoms with E-state index in [0.29, 0.717) is 19.1 Å². The van der Waals surface area contributed by atoms with Crippen LogP contribution in [0.4, 0.5) is 0 Å². The van der Waals surface area contributed by atoms with Crippen LogP contribution in [0.1, 0.15) is 44.8 Å². The molecule has 1 saturated carbocycles. The van der Waals surface area contributed by atoms with Gasteiger partial charge in [0.05, 0.1) is 12.7 Å². The highest BCUT2D eigenvalue weighted by atomic mass is 16.5. The van der Waals surface area contributed by atoms with E-state index >= 15 is 0 Å². The highest BCUT2D eigenvalue weighted by Crippen LogP contribution is 2.49. The molecule has 106 valence electrons. The number of aliphatic hydroxyl groups excluding tert-OH is 1. The van der Waals surface area contributed by atoms with E-state index < -0.39 is 6.10 Å². The third-order valence-electron chi connectivity index (χ3n) is 4.36. The molecule has 0 bridgehead atoms. The molecule has 1 aliphatic rings. The topological polar surface area (TPSA) is 55.5 Å². The van der Waals surface area contributed by atoms with E-state index in [1.54, 1.807) is 0 Å². The first-order valence-electron chi connectivity index (χ1n) is 7.22. The van der Waals surface area contributed by atoms with Crippen LogP contribution in [-0.2, 0) is 0 Å². The molecule has 3 heteroatoms. The van der Waals surface area contributed by atoms with Gasteiger partial charge in [-0.15, -0.1) is 0 Å². The zero-order valence-corrected chi connectivity index (χ0v) is 11.9. The summed E-state index contributed by atoms with van der Waals surface area (Å²) in [6, 6.07) is 7.76. The summed E-state index contributed by atoms with van der Waals surface area (Å²) in [6.07, 6.45) is 2.66. The lowest BCUT2D eigenvalue weighted by atomic mass is 9.77. The van der Waals surface area contributed by atoms with Gasteiger partial charge in [-0.1, -0.05) is 25.5 Å². The van der Waals surface area contributed by atoms with Gasteiger partial charge in [0.2, 0.25) is 0 Å². The lowest BCUT2D eigenvalue weighted by Crippen LogP contribution is -2.34. The molecule has 1 aliphatic carbocycles. The van der Waals surface area contributed by atoms with E-state index in [1.807, 2.05) is 31.2 Å². The van der Waals surface area contributed by atoms with E-state index in [4.69, 9.17) is 10.5 Å². The molecule has 3 atom stereocenters. The van der Waals surface area contributed by atoms with Crippen LogP contribution in [-0.4, -0.2) is 18.3 Å². The highest BCUT2D eigenvalue weighted by molar-refractivity contribution is 5.31. The van der Waals surface area contributed by atoms with E-state index in [-0.39, 0.29) is 5.41 Å². The van der Waals surface area contributed by atoms with Crippen LogP contribution < -0.4 is 10.5 Å². The standard InChI is InChI=1S/C16H25NO2/c1-3-19-14-6-4-5-13(9-14)15(18)16(11-17)8-7-12(2)10-16/h4-6,9,12,15,18H,3,7-8,10-11,17H2,1-2H3. The van der Waals surface area contributed by atoms with Gasteiger partial charge in [-0.25, -0.2) is 0 Å². The summed E-state index contributed by atoms with van der Waals surface area (Å²) < 4.78 is 5.50. The van der Waals surface area contributed by atoms with Crippen LogP contribution in [0.3, 0.4) is 0 Å². The van der Waals surface area contributed by atoms with Crippen molar-refractivity contribution in [3.05, 3.63) is 29.8 Å². The minimum absolute atomic E-state index is 0.162. The summed E-state index contributed by atoms with van der Waals surface area (Å²) in [5, 5.41) is 10.7. The molecule has 1 fully saturated rings. The molecule has 0 heterocycles. The summed E-state index contributed by atoms with van der Waals surface area (Å²) >= 11 is 0. The van der Waals surface area contributed by atoms with Gasteiger partial charge in [0.25, 0.3) is 0 Å². The van der Waals surface area contributed by atoms with Crippen LogP contribution >= 0.6 is 0 Å². The van der Waals surface area contributed by atoms with Gasteiger partial charge in [-0.3, -0.25) is 0 Å². The summed E-state index contributed by atoms with van der Waals surface area (Å²) in [5.74, 6) is 1.46. The van der Waals surface area contributed by atoms with Crippen LogP contribution in [0.5, 0.6) is 5.75 Å². The maximum Gasteiger partial charge on any atom is 0.119 e. The Bertz CT molecular complexity index is 421. The summed E-state index contributed by atoms with van der Waals surface area (Å²) in [7, 11) is 0. The van der Waals surface area contributed by atoms with Crippen molar-refractivity contribution in [2.75, 3.05) is 13.2 Å². The van der Waals surface area contributed by atoms with Crippen LogP contribution in [0.2, 0.25) is 0 Å². The number of nitrogens with two attached hydrogens (primary N) is 1. The van der Waals surface area contributed by atoms with E-state index in [2.05, 4.69) is 6.92 Å². The Hall–Kier alpha value is -1.06. The van der Waals surface area contributed by atoms with Gasteiger partial charge in [0, 0.05) is 12.0 Å². The van der Waals surface area contributed by atoms with Gasteiger partial charge in [-0.2, -0.15) is 0 Å². The second-order valence-corrected chi connectivity index (χ2v) is 5.82. The summed E-state index contributed by atoms with van der Waals surface area (Å²) in [6.45, 7) is 5.37. The number of ether oxygens (including phenoxy) is 1. The first-order chi connectivity index (χ1) is 9.11. The molecule has 0 amide bonds. The molecule has 19 heavy (non-hydrogen) atoms. The van der Waals surface area contributed by atoms with Crippen molar-refractivity contribution in [3.8, 4) is 5.75 Å². The van der Waals surface area contributed by atoms with Crippen molar-refractivity contribution >= 4 is 0 Å². The predicted octanol–water partition coefficient (Wildman–Crippen LogP) is 2.88. The third kappa shape index (κ3) is 2.93. The minimum atomic E-state index is -0.497. The monoisotopic (exact) mass is 263 g/mol. The van der Waals surface area contributed by atoms with Gasteiger partial charge < -0.3 is 15.6 Å². The maximum absolute atomic E-state index is 10.7. The maximum atomic E-state index is 10.7. The van der Waals surface area contributed by atoms with Crippen molar-refractivity contribution in [1.29, 1.82) is 0 Å². The van der Waals surface area contributed by atoms with Gasteiger partial charge in [0.15, 0.2) is 0 Å². The average Bonchev–Trinajstić information content (AvgIpc) is 2.81. The van der Waals surface area contributed by atoms with Gasteiger partial charge in [-0.05, 0) is 43.4 Å². The van der Waals surface area contributed by atoms with Crippen LogP contribution in [0.25, 0.3) is 0 Å². The SMILES string of the molecule is CCOc1cccc(C(O)C2(CN)CCC(C)C2)c1. The van der Waals surface area contributed by atoms with Crippen molar-refractivity contribution < 1.29 is 9.84 Å². The number of hydrogen-bond donors (Lipinski definition) is 2. The molecular formula is C16H25NO2. The molecule has 0 radical (unpaired) electrons. The number of benzene rings is 1. The highest BCUT2D eigenvalue weighted by Gasteiger charge is 2.42. The normalized spacial score (nSPS) is 28.3. The number of hydrogen-bond acceptors (Lipinski definition) is 3. The Morgan fingerprint density at radius 1 is 1.53 bits per heavy atom. The fourth-order valence-corrected chi connectivity index (χ4v) is 3.27. The molecule has 3 nitrogen and oxygen atoms in total. The van der Waals surface area contributed by atoms with Gasteiger partial charge >= 0.3 is 0 Å². The van der Waals surface area contributed by atoms with Crippen LogP contribution in [0.15, 0.2) is 24.3 Å². The molecule has 1 aromatic carbocycles. The quantitative estimate of drug-likeness (QED) is 0.859. The van der Waals surface area contributed by atoms with Crippen molar-refractivity contribution in [2.24, 2.45) is 17.1 Å². The lowest BCUT2D eigenvalue weighted by molar-refractivity contribution is 0.0306. The number of aliphatic hydroxyl groups is 1. The molecule has 0 aromatic heterocycles. The molecule has 0 aliphatic heterocycles. The van der Waals surface area contributed by atoms with E-state index in [9.17, 15) is 5.11 Å².